The Bertz CT molecular complexity index is 1400. The van der Waals surface area contributed by atoms with Crippen LogP contribution in [0.25, 0.3) is 11.1 Å². The van der Waals surface area contributed by atoms with E-state index < -0.39 is 0 Å². The largest absolute Gasteiger partial charge is 0.303 e. The number of ketones is 1. The highest BCUT2D eigenvalue weighted by atomic mass is 16.1. The molecule has 1 unspecified atom stereocenters. The molecule has 0 saturated carbocycles. The van der Waals surface area contributed by atoms with Crippen molar-refractivity contribution in [3.05, 3.63) is 102 Å². The van der Waals surface area contributed by atoms with E-state index in [4.69, 9.17) is 5.26 Å². The zero-order valence-electron chi connectivity index (χ0n) is 22.3. The van der Waals surface area contributed by atoms with E-state index in [1.165, 1.54) is 5.56 Å². The molecule has 3 heterocycles. The molecule has 7 nitrogen and oxygen atoms in total. The van der Waals surface area contributed by atoms with Gasteiger partial charge in [0.15, 0.2) is 0 Å². The first kappa shape index (κ1) is 26.3. The first-order chi connectivity index (χ1) is 19.1. The number of hydrogen-bond acceptors (Lipinski definition) is 6. The Labute approximate surface area is 230 Å². The van der Waals surface area contributed by atoms with Gasteiger partial charge < -0.3 is 5.43 Å². The molecule has 1 atom stereocenters. The molecule has 0 bridgehead atoms. The number of Topliss-reactive ketones (excluding diaryl/α,β-unsaturated/α-hetero) is 1. The number of carbonyl (C=O) groups excluding carboxylic acids is 1. The highest BCUT2D eigenvalue weighted by Crippen LogP contribution is 2.36. The van der Waals surface area contributed by atoms with Crippen molar-refractivity contribution >= 4 is 11.6 Å². The predicted octanol–water partition coefficient (Wildman–Crippen LogP) is 5.77. The number of hydrogen-bond donors (Lipinski definition) is 1. The van der Waals surface area contributed by atoms with E-state index in [0.717, 1.165) is 61.3 Å². The van der Waals surface area contributed by atoms with Gasteiger partial charge in [-0.25, -0.2) is 9.99 Å². The van der Waals surface area contributed by atoms with Gasteiger partial charge in [-0.15, -0.1) is 0 Å². The number of pyridine rings is 1. The highest BCUT2D eigenvalue weighted by molar-refractivity contribution is 5.86. The molecule has 5 rings (SSSR count). The summed E-state index contributed by atoms with van der Waals surface area (Å²) in [5.74, 6) is 1.23. The molecule has 2 aromatic carbocycles. The third kappa shape index (κ3) is 6.78. The Kier molecular flexibility index (Phi) is 8.45. The predicted molar refractivity (Wildman–Crippen MR) is 153 cm³/mol. The normalized spacial score (nSPS) is 15.0. The third-order valence-corrected chi connectivity index (χ3v) is 7.56. The van der Waals surface area contributed by atoms with Crippen molar-refractivity contribution in [2.45, 2.75) is 38.0 Å². The number of aryl methyl sites for hydroxylation is 2. The van der Waals surface area contributed by atoms with Crippen LogP contribution in [-0.2, 0) is 18.3 Å². The number of hydrazine groups is 1. The van der Waals surface area contributed by atoms with E-state index >= 15 is 0 Å². The Hall–Kier alpha value is -4.28. The van der Waals surface area contributed by atoms with Gasteiger partial charge in [0.2, 0.25) is 0 Å². The molecule has 198 valence electrons. The van der Waals surface area contributed by atoms with Crippen molar-refractivity contribution in [3.63, 3.8) is 0 Å². The van der Waals surface area contributed by atoms with Crippen LogP contribution in [0, 0.1) is 17.2 Å². The molecule has 0 spiro atoms. The van der Waals surface area contributed by atoms with Crippen molar-refractivity contribution in [1.82, 2.24) is 19.8 Å². The van der Waals surface area contributed by atoms with Gasteiger partial charge in [0.25, 0.3) is 0 Å². The summed E-state index contributed by atoms with van der Waals surface area (Å²) in [6, 6.07) is 24.6. The summed E-state index contributed by atoms with van der Waals surface area (Å²) in [7, 11) is 1.92. The standard InChI is InChI=1S/C32H34N6O/c1-37-23-29(22-35-37)26-11-13-27(14-12-26)32(30(39)9-5-8-24-6-3-2-4-7-24)28-16-18-38(19-17-28)36-31-15-10-25(20-33)21-34-31/h2-4,6-7,10-15,21-23,28,32H,5,8-9,16-19H2,1H3,(H,34,36). The van der Waals surface area contributed by atoms with Crippen molar-refractivity contribution in [1.29, 1.82) is 5.26 Å². The number of nitrogens with one attached hydrogen (secondary N) is 1. The summed E-state index contributed by atoms with van der Waals surface area (Å²) in [6.07, 6.45) is 9.65. The van der Waals surface area contributed by atoms with Crippen molar-refractivity contribution in [2.24, 2.45) is 13.0 Å². The van der Waals surface area contributed by atoms with Gasteiger partial charge in [-0.3, -0.25) is 9.48 Å². The van der Waals surface area contributed by atoms with Crippen LogP contribution in [0.3, 0.4) is 0 Å². The van der Waals surface area contributed by atoms with Crippen LogP contribution in [0.15, 0.2) is 85.3 Å². The van der Waals surface area contributed by atoms with Crippen molar-refractivity contribution in [3.8, 4) is 17.2 Å². The van der Waals surface area contributed by atoms with E-state index in [2.05, 4.69) is 75.1 Å². The van der Waals surface area contributed by atoms with E-state index in [1.807, 2.05) is 31.6 Å². The van der Waals surface area contributed by atoms with Crippen LogP contribution in [0.1, 0.15) is 48.3 Å². The lowest BCUT2D eigenvalue weighted by molar-refractivity contribution is -0.122. The number of nitriles is 1. The lowest BCUT2D eigenvalue weighted by Crippen LogP contribution is -2.40. The zero-order valence-corrected chi connectivity index (χ0v) is 22.3. The second kappa shape index (κ2) is 12.5. The topological polar surface area (TPSA) is 86.8 Å². The summed E-state index contributed by atoms with van der Waals surface area (Å²) in [4.78, 5) is 18.1. The number of benzene rings is 2. The molecule has 0 aliphatic carbocycles. The smallest absolute Gasteiger partial charge is 0.140 e. The van der Waals surface area contributed by atoms with Crippen LogP contribution in [0.4, 0.5) is 5.82 Å². The van der Waals surface area contributed by atoms with Gasteiger partial charge in [0.05, 0.1) is 11.8 Å². The van der Waals surface area contributed by atoms with Crippen molar-refractivity contribution < 1.29 is 4.79 Å². The first-order valence-corrected chi connectivity index (χ1v) is 13.6. The van der Waals surface area contributed by atoms with Crippen LogP contribution >= 0.6 is 0 Å². The zero-order chi connectivity index (χ0) is 27.0. The van der Waals surface area contributed by atoms with Gasteiger partial charge in [-0.2, -0.15) is 10.4 Å². The molecule has 7 heteroatoms. The number of aromatic nitrogens is 3. The maximum atomic E-state index is 13.7. The SMILES string of the molecule is Cn1cc(-c2ccc(C(C(=O)CCCc3ccccc3)C3CCN(Nc4ccc(C#N)cn4)CC3)cc2)cn1. The summed E-state index contributed by atoms with van der Waals surface area (Å²) >= 11 is 0. The fraction of sp³-hybridized carbons (Fsp3) is 0.312. The Morgan fingerprint density at radius 2 is 1.79 bits per heavy atom. The fourth-order valence-electron chi connectivity index (χ4n) is 5.47. The molecule has 4 aromatic rings. The molecule has 39 heavy (non-hydrogen) atoms. The third-order valence-electron chi connectivity index (χ3n) is 7.56. The Morgan fingerprint density at radius 1 is 1.03 bits per heavy atom. The Balaban J connectivity index is 1.27. The maximum Gasteiger partial charge on any atom is 0.140 e. The molecule has 1 N–H and O–H groups in total. The minimum atomic E-state index is -0.112. The summed E-state index contributed by atoms with van der Waals surface area (Å²) in [6.45, 7) is 1.65. The average Bonchev–Trinajstić information content (AvgIpc) is 3.41. The number of nitrogens with zero attached hydrogens (tertiary/aromatic N) is 5. The van der Waals surface area contributed by atoms with E-state index in [1.54, 1.807) is 16.9 Å². The number of carbonyl (C=O) groups is 1. The molecule has 1 aliphatic heterocycles. The molecule has 2 aromatic heterocycles. The summed E-state index contributed by atoms with van der Waals surface area (Å²) in [5, 5.41) is 15.5. The van der Waals surface area contributed by atoms with Crippen LogP contribution < -0.4 is 5.43 Å². The lowest BCUT2D eigenvalue weighted by Gasteiger charge is -2.36. The van der Waals surface area contributed by atoms with E-state index in [9.17, 15) is 4.79 Å². The second-order valence-corrected chi connectivity index (χ2v) is 10.3. The lowest BCUT2D eigenvalue weighted by atomic mass is 9.76. The quantitative estimate of drug-likeness (QED) is 0.287. The molecular formula is C32H34N6O. The van der Waals surface area contributed by atoms with Crippen molar-refractivity contribution in [2.75, 3.05) is 18.5 Å². The number of piperidine rings is 1. The van der Waals surface area contributed by atoms with Gasteiger partial charge >= 0.3 is 0 Å². The van der Waals surface area contributed by atoms with E-state index in [0.29, 0.717) is 17.8 Å². The summed E-state index contributed by atoms with van der Waals surface area (Å²) < 4.78 is 1.80. The van der Waals surface area contributed by atoms with Gasteiger partial charge in [0.1, 0.15) is 17.7 Å². The molecule has 1 aliphatic rings. The van der Waals surface area contributed by atoms with Crippen LogP contribution in [-0.4, -0.2) is 38.6 Å². The molecule has 1 fully saturated rings. The van der Waals surface area contributed by atoms with Gasteiger partial charge in [-0.1, -0.05) is 54.6 Å². The minimum absolute atomic E-state index is 0.112. The molecular weight excluding hydrogens is 484 g/mol. The maximum absolute atomic E-state index is 13.7. The number of rotatable bonds is 10. The molecule has 0 radical (unpaired) electrons. The van der Waals surface area contributed by atoms with E-state index in [-0.39, 0.29) is 11.8 Å². The monoisotopic (exact) mass is 518 g/mol. The second-order valence-electron chi connectivity index (χ2n) is 10.3. The molecule has 0 amide bonds. The minimum Gasteiger partial charge on any atom is -0.303 e. The fourth-order valence-corrected chi connectivity index (χ4v) is 5.47. The highest BCUT2D eigenvalue weighted by Gasteiger charge is 2.32. The molecule has 1 saturated heterocycles. The average molecular weight is 519 g/mol. The van der Waals surface area contributed by atoms with Crippen LogP contribution in [0.2, 0.25) is 0 Å². The van der Waals surface area contributed by atoms with Gasteiger partial charge in [-0.05, 0) is 60.4 Å². The Morgan fingerprint density at radius 3 is 2.44 bits per heavy atom. The first-order valence-electron chi connectivity index (χ1n) is 13.6. The summed E-state index contributed by atoms with van der Waals surface area (Å²) in [5.41, 5.74) is 8.47. The number of anilines is 1. The van der Waals surface area contributed by atoms with Crippen LogP contribution in [0.5, 0.6) is 0 Å². The van der Waals surface area contributed by atoms with Gasteiger partial charge in [0, 0.05) is 50.4 Å².